The average Bonchev–Trinajstić information content (AvgIpc) is 3.12. The van der Waals surface area contributed by atoms with Crippen LogP contribution in [0.3, 0.4) is 0 Å². The summed E-state index contributed by atoms with van der Waals surface area (Å²) in [5.41, 5.74) is 31.7. The van der Waals surface area contributed by atoms with Gasteiger partial charge in [-0.05, 0) is 249 Å². The number of fused-ring (bicyclic) bond motifs is 4. The van der Waals surface area contributed by atoms with Gasteiger partial charge in [0.15, 0.2) is 0 Å². The summed E-state index contributed by atoms with van der Waals surface area (Å²) in [5, 5.41) is 0. The van der Waals surface area contributed by atoms with Crippen molar-refractivity contribution in [3.63, 3.8) is 0 Å². The zero-order valence-corrected chi connectivity index (χ0v) is 44.7. The van der Waals surface area contributed by atoms with Gasteiger partial charge in [0.05, 0.1) is 0 Å². The van der Waals surface area contributed by atoms with Crippen molar-refractivity contribution in [3.8, 4) is 0 Å². The molecule has 5 rings (SSSR count). The van der Waals surface area contributed by atoms with Gasteiger partial charge in [0.1, 0.15) is 0 Å². The predicted molar refractivity (Wildman–Crippen MR) is 276 cm³/mol. The molecular weight excluding hydrogens is 745 g/mol. The maximum atomic E-state index is 2.50. The van der Waals surface area contributed by atoms with Crippen LogP contribution in [0.5, 0.6) is 0 Å². The Kier molecular flexibility index (Phi) is 17.4. The molecule has 0 saturated heterocycles. The Morgan fingerprint density at radius 1 is 0.177 bits per heavy atom. The molecule has 0 N–H and O–H groups in total. The van der Waals surface area contributed by atoms with Crippen LogP contribution < -0.4 is 0 Å². The van der Waals surface area contributed by atoms with Crippen LogP contribution in [0.2, 0.25) is 0 Å². The monoisotopic (exact) mass is 843 g/mol. The number of hydrogen-bond donors (Lipinski definition) is 0. The molecule has 3 aromatic carbocycles. The summed E-state index contributed by atoms with van der Waals surface area (Å²) >= 11 is 0. The minimum atomic E-state index is 0.620. The lowest BCUT2D eigenvalue weighted by Gasteiger charge is -2.39. The zero-order chi connectivity index (χ0) is 46.1. The second-order valence-corrected chi connectivity index (χ2v) is 25.3. The minimum Gasteiger partial charge on any atom is -0.0625 e. The summed E-state index contributed by atoms with van der Waals surface area (Å²) in [6.45, 7) is 49.6. The fraction of sp³-hybridized carbons (Fsp3) is 0.710. The van der Waals surface area contributed by atoms with E-state index in [1.807, 2.05) is 0 Å². The third kappa shape index (κ3) is 11.7. The molecule has 0 saturated carbocycles. The molecule has 0 spiro atoms. The van der Waals surface area contributed by atoms with E-state index in [-0.39, 0.29) is 0 Å². The molecule has 0 bridgehead atoms. The van der Waals surface area contributed by atoms with E-state index in [9.17, 15) is 0 Å². The smallest absolute Gasteiger partial charge is 0.00142 e. The third-order valence-electron chi connectivity index (χ3n) is 14.1. The Morgan fingerprint density at radius 3 is 0.435 bits per heavy atom. The fourth-order valence-corrected chi connectivity index (χ4v) is 12.2. The van der Waals surface area contributed by atoms with Crippen molar-refractivity contribution in [2.45, 2.75) is 228 Å². The van der Waals surface area contributed by atoms with Gasteiger partial charge in [0, 0.05) is 0 Å². The van der Waals surface area contributed by atoms with Gasteiger partial charge < -0.3 is 0 Å². The van der Waals surface area contributed by atoms with Gasteiger partial charge in [0.25, 0.3) is 0 Å². The van der Waals surface area contributed by atoms with E-state index in [4.69, 9.17) is 0 Å². The molecule has 0 unspecified atom stereocenters. The molecule has 62 heavy (non-hydrogen) atoms. The molecular formula is C62H98. The molecule has 0 radical (unpaired) electrons. The van der Waals surface area contributed by atoms with Crippen molar-refractivity contribution < 1.29 is 0 Å². The average molecular weight is 843 g/mol. The topological polar surface area (TPSA) is 0 Å². The Bertz CT molecular complexity index is 1720. The molecule has 346 valence electrons. The summed E-state index contributed by atoms with van der Waals surface area (Å²) in [6, 6.07) is 0. The molecule has 0 amide bonds. The van der Waals surface area contributed by atoms with Crippen molar-refractivity contribution in [2.75, 3.05) is 0 Å². The van der Waals surface area contributed by atoms with Crippen molar-refractivity contribution in [2.24, 2.45) is 59.2 Å². The highest BCUT2D eigenvalue weighted by atomic mass is 14.4. The standard InChI is InChI=1S/C62H98/c1-35(2)21-45-46(22-36(3)4)50(26-40(11)12)56-32-60-54(30-44(19)20)62-34-58-52(28-42(15)16)48(24-38(7)8)47(23-37(5)6)51(27-41(13)14)57(58)33-61(62)53(29-43(17)18)59(60)31-55(56)49(45)25-39(9)10/h35-44H,21-34H2,1-20H3. The minimum absolute atomic E-state index is 0.620. The van der Waals surface area contributed by atoms with Crippen LogP contribution in [-0.2, 0) is 89.9 Å². The van der Waals surface area contributed by atoms with Crippen molar-refractivity contribution in [3.05, 3.63) is 100 Å². The molecule has 0 heteroatoms. The van der Waals surface area contributed by atoms with Gasteiger partial charge in [-0.2, -0.15) is 0 Å². The summed E-state index contributed by atoms with van der Waals surface area (Å²) < 4.78 is 0. The van der Waals surface area contributed by atoms with Gasteiger partial charge in [-0.3, -0.25) is 0 Å². The SMILES string of the molecule is CC(C)Cc1c2c(c(CC(C)C)c3c1Cc1c(c(CC(C)C)c(CC(C)C)c(CC(C)C)c1CC(C)C)C3)Cc1c(c(CC(C)C)c(CC(C)C)c(CC(C)C)c1CC(C)C)C2. The molecule has 0 nitrogen and oxygen atoms in total. The quantitative estimate of drug-likeness (QED) is 0.0732. The van der Waals surface area contributed by atoms with E-state index >= 15 is 0 Å². The van der Waals surface area contributed by atoms with Crippen LogP contribution in [0, 0.1) is 59.2 Å². The fourth-order valence-electron chi connectivity index (χ4n) is 12.2. The number of rotatable bonds is 20. The van der Waals surface area contributed by atoms with Crippen LogP contribution in [0.4, 0.5) is 0 Å². The van der Waals surface area contributed by atoms with Gasteiger partial charge in [-0.1, -0.05) is 138 Å². The van der Waals surface area contributed by atoms with E-state index in [1.54, 1.807) is 100 Å². The Hall–Kier alpha value is -2.34. The van der Waals surface area contributed by atoms with Gasteiger partial charge in [0.2, 0.25) is 0 Å². The van der Waals surface area contributed by atoms with Crippen molar-refractivity contribution >= 4 is 0 Å². The van der Waals surface area contributed by atoms with E-state index < -0.39 is 0 Å². The third-order valence-corrected chi connectivity index (χ3v) is 14.1. The second kappa shape index (κ2) is 21.3. The van der Waals surface area contributed by atoms with Crippen LogP contribution in [0.1, 0.15) is 239 Å². The molecule has 0 atom stereocenters. The number of benzene rings is 3. The lowest BCUT2D eigenvalue weighted by molar-refractivity contribution is 0.574. The molecule has 0 fully saturated rings. The molecule has 2 aliphatic rings. The summed E-state index contributed by atoms with van der Waals surface area (Å²) in [5.74, 6) is 6.40. The lowest BCUT2D eigenvalue weighted by atomic mass is 9.65. The maximum absolute atomic E-state index is 2.50. The summed E-state index contributed by atoms with van der Waals surface area (Å²) in [4.78, 5) is 0. The van der Waals surface area contributed by atoms with Gasteiger partial charge >= 0.3 is 0 Å². The van der Waals surface area contributed by atoms with Gasteiger partial charge in [-0.15, -0.1) is 0 Å². The first-order valence-electron chi connectivity index (χ1n) is 26.5. The number of hydrogen-bond acceptors (Lipinski definition) is 0. The highest BCUT2D eigenvalue weighted by Crippen LogP contribution is 2.48. The lowest BCUT2D eigenvalue weighted by Crippen LogP contribution is -2.28. The van der Waals surface area contributed by atoms with Crippen LogP contribution >= 0.6 is 0 Å². The van der Waals surface area contributed by atoms with Gasteiger partial charge in [-0.25, -0.2) is 0 Å². The van der Waals surface area contributed by atoms with Crippen LogP contribution in [0.15, 0.2) is 0 Å². The first kappa shape index (κ1) is 50.7. The molecule has 3 aromatic rings. The molecule has 2 aliphatic carbocycles. The Labute approximate surface area is 386 Å². The summed E-state index contributed by atoms with van der Waals surface area (Å²) in [6.07, 6.45) is 16.6. The Balaban J connectivity index is 1.96. The summed E-state index contributed by atoms with van der Waals surface area (Å²) in [7, 11) is 0. The predicted octanol–water partition coefficient (Wildman–Crippen LogP) is 16.7. The van der Waals surface area contributed by atoms with Crippen LogP contribution in [-0.4, -0.2) is 0 Å². The second-order valence-electron chi connectivity index (χ2n) is 25.3. The normalized spacial score (nSPS) is 14.0. The first-order chi connectivity index (χ1) is 29.0. The van der Waals surface area contributed by atoms with E-state index in [0.29, 0.717) is 59.2 Å². The van der Waals surface area contributed by atoms with Crippen molar-refractivity contribution in [1.82, 2.24) is 0 Å². The van der Waals surface area contributed by atoms with Crippen LogP contribution in [0.25, 0.3) is 0 Å². The molecule has 0 aliphatic heterocycles. The molecule has 0 heterocycles. The van der Waals surface area contributed by atoms with Crippen molar-refractivity contribution in [1.29, 1.82) is 0 Å². The Morgan fingerprint density at radius 2 is 0.290 bits per heavy atom. The molecule has 0 aromatic heterocycles. The van der Waals surface area contributed by atoms with E-state index in [2.05, 4.69) is 138 Å². The largest absolute Gasteiger partial charge is 0.0625 e. The highest BCUT2D eigenvalue weighted by Gasteiger charge is 2.36. The zero-order valence-electron chi connectivity index (χ0n) is 44.7. The van der Waals surface area contributed by atoms with E-state index in [1.165, 1.54) is 64.2 Å². The first-order valence-corrected chi connectivity index (χ1v) is 26.5. The highest BCUT2D eigenvalue weighted by molar-refractivity contribution is 5.68. The van der Waals surface area contributed by atoms with E-state index in [0.717, 1.165) is 25.7 Å². The maximum Gasteiger partial charge on any atom is -0.00142 e.